The van der Waals surface area contributed by atoms with Gasteiger partial charge < -0.3 is 10.6 Å². The van der Waals surface area contributed by atoms with Gasteiger partial charge in [0.2, 0.25) is 0 Å². The van der Waals surface area contributed by atoms with Crippen molar-refractivity contribution in [2.24, 2.45) is 0 Å². The van der Waals surface area contributed by atoms with E-state index in [-0.39, 0.29) is 5.57 Å². The topological polar surface area (TPSA) is 64.9 Å². The number of nitriles is 1. The smallest absolute Gasteiger partial charge is 0.267 e. The van der Waals surface area contributed by atoms with Gasteiger partial charge in [-0.2, -0.15) is 5.26 Å². The second-order valence-corrected chi connectivity index (χ2v) is 6.32. The van der Waals surface area contributed by atoms with Gasteiger partial charge in [0.15, 0.2) is 0 Å². The SMILES string of the molecule is N#C/C(=C/NCCc1cccc(Cl)c1)C(=O)Nc1ccc(Br)cc1. The summed E-state index contributed by atoms with van der Waals surface area (Å²) in [5, 5.41) is 15.5. The number of hydrogen-bond acceptors (Lipinski definition) is 3. The zero-order valence-electron chi connectivity index (χ0n) is 12.7. The molecule has 0 saturated carbocycles. The Hall–Kier alpha value is -2.29. The highest BCUT2D eigenvalue weighted by Crippen LogP contribution is 2.14. The van der Waals surface area contributed by atoms with Gasteiger partial charge in [0.25, 0.3) is 5.91 Å². The zero-order valence-corrected chi connectivity index (χ0v) is 15.1. The van der Waals surface area contributed by atoms with E-state index in [2.05, 4.69) is 26.6 Å². The molecule has 24 heavy (non-hydrogen) atoms. The molecule has 0 aromatic heterocycles. The van der Waals surface area contributed by atoms with E-state index >= 15 is 0 Å². The molecule has 2 aromatic carbocycles. The van der Waals surface area contributed by atoms with E-state index < -0.39 is 5.91 Å². The largest absolute Gasteiger partial charge is 0.389 e. The van der Waals surface area contributed by atoms with Gasteiger partial charge in [0.05, 0.1) is 0 Å². The Balaban J connectivity index is 1.87. The average molecular weight is 405 g/mol. The minimum atomic E-state index is -0.449. The van der Waals surface area contributed by atoms with Crippen LogP contribution in [0.3, 0.4) is 0 Å². The highest BCUT2D eigenvalue weighted by Gasteiger charge is 2.08. The first-order chi connectivity index (χ1) is 11.6. The monoisotopic (exact) mass is 403 g/mol. The summed E-state index contributed by atoms with van der Waals surface area (Å²) in [4.78, 5) is 12.1. The number of halogens is 2. The van der Waals surface area contributed by atoms with Crippen LogP contribution in [0.4, 0.5) is 5.69 Å². The highest BCUT2D eigenvalue weighted by atomic mass is 79.9. The second-order valence-electron chi connectivity index (χ2n) is 4.96. The van der Waals surface area contributed by atoms with E-state index in [1.807, 2.05) is 42.5 Å². The third-order valence-electron chi connectivity index (χ3n) is 3.16. The number of carbonyl (C=O) groups excluding carboxylic acids is 1. The van der Waals surface area contributed by atoms with Crippen LogP contribution < -0.4 is 10.6 Å². The molecule has 2 rings (SSSR count). The van der Waals surface area contributed by atoms with Crippen LogP contribution >= 0.6 is 27.5 Å². The van der Waals surface area contributed by atoms with Crippen molar-refractivity contribution in [3.8, 4) is 6.07 Å². The molecule has 0 bridgehead atoms. The van der Waals surface area contributed by atoms with Crippen molar-refractivity contribution >= 4 is 39.1 Å². The third-order valence-corrected chi connectivity index (χ3v) is 3.92. The molecular formula is C18H15BrClN3O. The summed E-state index contributed by atoms with van der Waals surface area (Å²) < 4.78 is 0.916. The highest BCUT2D eigenvalue weighted by molar-refractivity contribution is 9.10. The number of anilines is 1. The van der Waals surface area contributed by atoms with Gasteiger partial charge >= 0.3 is 0 Å². The number of hydrogen-bond donors (Lipinski definition) is 2. The number of benzene rings is 2. The fraction of sp³-hybridized carbons (Fsp3) is 0.111. The lowest BCUT2D eigenvalue weighted by Crippen LogP contribution is -2.18. The molecule has 4 nitrogen and oxygen atoms in total. The first kappa shape index (κ1) is 18.1. The predicted octanol–water partition coefficient (Wildman–Crippen LogP) is 4.28. The molecule has 0 aliphatic rings. The molecule has 0 saturated heterocycles. The van der Waals surface area contributed by atoms with E-state index in [4.69, 9.17) is 16.9 Å². The Kier molecular flexibility index (Phi) is 6.86. The maximum absolute atomic E-state index is 12.1. The van der Waals surface area contributed by atoms with Gasteiger partial charge in [-0.25, -0.2) is 0 Å². The summed E-state index contributed by atoms with van der Waals surface area (Å²) in [6.07, 6.45) is 2.17. The Morgan fingerprint density at radius 3 is 2.67 bits per heavy atom. The van der Waals surface area contributed by atoms with Crippen molar-refractivity contribution in [3.63, 3.8) is 0 Å². The van der Waals surface area contributed by atoms with Crippen LogP contribution in [0.1, 0.15) is 5.56 Å². The second kappa shape index (κ2) is 9.11. The van der Waals surface area contributed by atoms with Crippen LogP contribution in [0, 0.1) is 11.3 Å². The van der Waals surface area contributed by atoms with Gasteiger partial charge in [-0.15, -0.1) is 0 Å². The summed E-state index contributed by atoms with van der Waals surface area (Å²) in [6.45, 7) is 0.594. The summed E-state index contributed by atoms with van der Waals surface area (Å²) in [5.74, 6) is -0.449. The lowest BCUT2D eigenvalue weighted by atomic mass is 10.1. The minimum Gasteiger partial charge on any atom is -0.389 e. The van der Waals surface area contributed by atoms with Crippen molar-refractivity contribution in [2.45, 2.75) is 6.42 Å². The lowest BCUT2D eigenvalue weighted by molar-refractivity contribution is -0.112. The van der Waals surface area contributed by atoms with Crippen LogP contribution in [-0.2, 0) is 11.2 Å². The summed E-state index contributed by atoms with van der Waals surface area (Å²) in [6, 6.07) is 16.6. The molecule has 0 fully saturated rings. The van der Waals surface area contributed by atoms with Crippen LogP contribution in [0.2, 0.25) is 5.02 Å². The normalized spacial score (nSPS) is 10.8. The van der Waals surface area contributed by atoms with E-state index in [0.29, 0.717) is 17.3 Å². The van der Waals surface area contributed by atoms with Crippen molar-refractivity contribution in [3.05, 3.63) is 75.4 Å². The molecule has 0 heterocycles. The first-order valence-electron chi connectivity index (χ1n) is 7.23. The van der Waals surface area contributed by atoms with Crippen LogP contribution in [0.5, 0.6) is 0 Å². The van der Waals surface area contributed by atoms with Gasteiger partial charge in [0.1, 0.15) is 11.6 Å². The molecule has 2 aromatic rings. The number of nitrogens with one attached hydrogen (secondary N) is 2. The predicted molar refractivity (Wildman–Crippen MR) is 99.6 cm³/mol. The van der Waals surface area contributed by atoms with E-state index in [1.54, 1.807) is 12.1 Å². The molecule has 0 radical (unpaired) electrons. The van der Waals surface area contributed by atoms with Gasteiger partial charge in [-0.05, 0) is 48.4 Å². The standard InChI is InChI=1S/C18H15BrClN3O/c19-15-4-6-17(7-5-15)23-18(24)14(11-21)12-22-9-8-13-2-1-3-16(20)10-13/h1-7,10,12,22H,8-9H2,(H,23,24)/b14-12-. The summed E-state index contributed by atoms with van der Waals surface area (Å²) >= 11 is 9.25. The average Bonchev–Trinajstić information content (AvgIpc) is 2.57. The zero-order chi connectivity index (χ0) is 17.4. The fourth-order valence-corrected chi connectivity index (χ4v) is 2.44. The number of nitrogens with zero attached hydrogens (tertiary/aromatic N) is 1. The van der Waals surface area contributed by atoms with E-state index in [1.165, 1.54) is 6.20 Å². The Bertz CT molecular complexity index is 782. The van der Waals surface area contributed by atoms with Crippen molar-refractivity contribution in [1.82, 2.24) is 5.32 Å². The Labute approximate surface area is 154 Å². The van der Waals surface area contributed by atoms with Crippen molar-refractivity contribution in [1.29, 1.82) is 5.26 Å². The van der Waals surface area contributed by atoms with Crippen molar-refractivity contribution < 1.29 is 4.79 Å². The number of carbonyl (C=O) groups is 1. The molecule has 122 valence electrons. The minimum absolute atomic E-state index is 0.0176. The third kappa shape index (κ3) is 5.73. The number of rotatable bonds is 6. The van der Waals surface area contributed by atoms with Crippen LogP contribution in [0.15, 0.2) is 64.8 Å². The van der Waals surface area contributed by atoms with Gasteiger partial charge in [0, 0.05) is 27.9 Å². The molecule has 1 amide bonds. The maximum Gasteiger partial charge on any atom is 0.267 e. The lowest BCUT2D eigenvalue weighted by Gasteiger charge is -2.06. The molecule has 0 unspecified atom stereocenters. The fourth-order valence-electron chi connectivity index (χ4n) is 1.96. The van der Waals surface area contributed by atoms with Gasteiger partial charge in [-0.1, -0.05) is 39.7 Å². The molecule has 0 spiro atoms. The Morgan fingerprint density at radius 1 is 1.25 bits per heavy atom. The van der Waals surface area contributed by atoms with Gasteiger partial charge in [-0.3, -0.25) is 4.79 Å². The molecule has 0 atom stereocenters. The molecule has 0 aliphatic carbocycles. The van der Waals surface area contributed by atoms with E-state index in [0.717, 1.165) is 16.5 Å². The summed E-state index contributed by atoms with van der Waals surface area (Å²) in [7, 11) is 0. The van der Waals surface area contributed by atoms with Crippen LogP contribution in [0.25, 0.3) is 0 Å². The van der Waals surface area contributed by atoms with Crippen molar-refractivity contribution in [2.75, 3.05) is 11.9 Å². The summed E-state index contributed by atoms with van der Waals surface area (Å²) in [5.41, 5.74) is 1.73. The molecule has 6 heteroatoms. The van der Waals surface area contributed by atoms with Crippen LogP contribution in [-0.4, -0.2) is 12.5 Å². The van der Waals surface area contributed by atoms with E-state index in [9.17, 15) is 4.79 Å². The molecule has 2 N–H and O–H groups in total. The number of amides is 1. The Morgan fingerprint density at radius 2 is 2.00 bits per heavy atom. The molecular weight excluding hydrogens is 390 g/mol. The molecule has 0 aliphatic heterocycles. The first-order valence-corrected chi connectivity index (χ1v) is 8.40. The maximum atomic E-state index is 12.1. The quantitative estimate of drug-likeness (QED) is 0.429.